The van der Waals surface area contributed by atoms with Gasteiger partial charge >= 0.3 is 0 Å². The summed E-state index contributed by atoms with van der Waals surface area (Å²) in [5.74, 6) is 5.01. The van der Waals surface area contributed by atoms with Gasteiger partial charge in [0.25, 0.3) is 0 Å². The highest BCUT2D eigenvalue weighted by Gasteiger charge is 2.50. The summed E-state index contributed by atoms with van der Waals surface area (Å²) in [4.78, 5) is 0. The van der Waals surface area contributed by atoms with Crippen LogP contribution in [-0.4, -0.2) is 0 Å². The minimum absolute atomic E-state index is 0.939. The Morgan fingerprint density at radius 2 is 1.93 bits per heavy atom. The molecule has 0 radical (unpaired) electrons. The molecule has 78 valence electrons. The second-order valence-electron chi connectivity index (χ2n) is 5.92. The lowest BCUT2D eigenvalue weighted by Crippen LogP contribution is -2.19. The van der Waals surface area contributed by atoms with E-state index in [-0.39, 0.29) is 0 Å². The van der Waals surface area contributed by atoms with E-state index in [0.29, 0.717) is 0 Å². The van der Waals surface area contributed by atoms with Crippen LogP contribution in [0, 0.1) is 29.6 Å². The molecule has 0 bridgehead atoms. The van der Waals surface area contributed by atoms with E-state index in [4.69, 9.17) is 0 Å². The molecule has 0 nitrogen and oxygen atoms in total. The zero-order chi connectivity index (χ0) is 9.87. The lowest BCUT2D eigenvalue weighted by molar-refractivity contribution is 0.263. The van der Waals surface area contributed by atoms with Gasteiger partial charge in [-0.1, -0.05) is 31.9 Å². The topological polar surface area (TPSA) is 0 Å². The fraction of sp³-hybridized carbons (Fsp3) is 0.857. The summed E-state index contributed by atoms with van der Waals surface area (Å²) < 4.78 is 0. The van der Waals surface area contributed by atoms with E-state index < -0.39 is 0 Å². The van der Waals surface area contributed by atoms with Crippen molar-refractivity contribution in [2.24, 2.45) is 29.6 Å². The van der Waals surface area contributed by atoms with Gasteiger partial charge in [-0.25, -0.2) is 0 Å². The molecule has 5 atom stereocenters. The summed E-state index contributed by atoms with van der Waals surface area (Å²) in [6.07, 6.45) is 5.85. The zero-order valence-corrected chi connectivity index (χ0v) is 9.72. The van der Waals surface area contributed by atoms with Crippen LogP contribution in [0.25, 0.3) is 0 Å². The van der Waals surface area contributed by atoms with Crippen molar-refractivity contribution in [2.75, 3.05) is 0 Å². The van der Waals surface area contributed by atoms with Gasteiger partial charge in [-0.3, -0.25) is 0 Å². The molecule has 0 heterocycles. The molecule has 3 aliphatic rings. The quantitative estimate of drug-likeness (QED) is 0.548. The first-order valence-corrected chi connectivity index (χ1v) is 6.44. The largest absolute Gasteiger partial charge is 0.0648 e. The van der Waals surface area contributed by atoms with E-state index in [9.17, 15) is 0 Å². The number of hydrogen-bond acceptors (Lipinski definition) is 0. The Balaban J connectivity index is 1.88. The van der Waals surface area contributed by atoms with Crippen molar-refractivity contribution in [3.63, 3.8) is 0 Å². The van der Waals surface area contributed by atoms with E-state index in [1.165, 1.54) is 25.7 Å². The SMILES string of the molecule is CCC1C2=C(C2)C2CC2CC(C)C1C. The van der Waals surface area contributed by atoms with E-state index in [0.717, 1.165) is 29.6 Å². The number of allylic oxidation sites excluding steroid dienone is 2. The molecule has 0 amide bonds. The molecule has 0 spiro atoms. The van der Waals surface area contributed by atoms with Crippen molar-refractivity contribution < 1.29 is 0 Å². The van der Waals surface area contributed by atoms with Crippen LogP contribution in [0.3, 0.4) is 0 Å². The molecule has 0 aliphatic heterocycles. The number of rotatable bonds is 1. The summed E-state index contributed by atoms with van der Waals surface area (Å²) in [6, 6.07) is 0. The minimum atomic E-state index is 0.939. The number of hydrogen-bond donors (Lipinski definition) is 0. The van der Waals surface area contributed by atoms with Crippen LogP contribution in [0.1, 0.15) is 46.5 Å². The molecule has 0 N–H and O–H groups in total. The molecule has 3 aliphatic carbocycles. The van der Waals surface area contributed by atoms with Crippen molar-refractivity contribution in [1.29, 1.82) is 0 Å². The Hall–Kier alpha value is -0.260. The predicted molar refractivity (Wildman–Crippen MR) is 60.0 cm³/mol. The Morgan fingerprint density at radius 3 is 2.64 bits per heavy atom. The zero-order valence-electron chi connectivity index (χ0n) is 9.72. The molecular formula is C14H22. The van der Waals surface area contributed by atoms with Gasteiger partial charge in [0.1, 0.15) is 0 Å². The van der Waals surface area contributed by atoms with Crippen molar-refractivity contribution in [2.45, 2.75) is 46.5 Å². The van der Waals surface area contributed by atoms with Crippen LogP contribution in [0.4, 0.5) is 0 Å². The van der Waals surface area contributed by atoms with Crippen LogP contribution in [-0.2, 0) is 0 Å². The molecule has 0 aromatic carbocycles. The molecule has 1 fully saturated rings. The van der Waals surface area contributed by atoms with Gasteiger partial charge in [0.15, 0.2) is 0 Å². The van der Waals surface area contributed by atoms with Gasteiger partial charge in [-0.2, -0.15) is 0 Å². The normalized spacial score (nSPS) is 50.4. The van der Waals surface area contributed by atoms with Crippen LogP contribution in [0.15, 0.2) is 11.1 Å². The second kappa shape index (κ2) is 2.87. The molecular weight excluding hydrogens is 168 g/mol. The summed E-state index contributed by atoms with van der Waals surface area (Å²) >= 11 is 0. The molecule has 0 heteroatoms. The maximum Gasteiger partial charge on any atom is -0.00969 e. The maximum absolute atomic E-state index is 2.49. The summed E-state index contributed by atoms with van der Waals surface area (Å²) in [7, 11) is 0. The highest BCUT2D eigenvalue weighted by Crippen LogP contribution is 2.61. The molecule has 3 rings (SSSR count). The van der Waals surface area contributed by atoms with Gasteiger partial charge in [-0.05, 0) is 55.3 Å². The highest BCUT2D eigenvalue weighted by molar-refractivity contribution is 5.43. The predicted octanol–water partition coefficient (Wildman–Crippen LogP) is 4.02. The van der Waals surface area contributed by atoms with Crippen molar-refractivity contribution in [3.05, 3.63) is 11.1 Å². The smallest absolute Gasteiger partial charge is 0.00969 e. The third kappa shape index (κ3) is 1.19. The summed E-state index contributed by atoms with van der Waals surface area (Å²) in [5, 5.41) is 0. The third-order valence-electron chi connectivity index (χ3n) is 5.13. The lowest BCUT2D eigenvalue weighted by atomic mass is 9.77. The molecule has 0 aromatic heterocycles. The first kappa shape index (κ1) is 9.00. The van der Waals surface area contributed by atoms with Gasteiger partial charge in [0.2, 0.25) is 0 Å². The summed E-state index contributed by atoms with van der Waals surface area (Å²) in [6.45, 7) is 7.35. The standard InChI is InChI=1S/C14H22/c1-4-11-9(3)8(2)5-10-6-12(10)14-7-13(11)14/h8-12H,4-7H2,1-3H3. The van der Waals surface area contributed by atoms with Crippen LogP contribution in [0.2, 0.25) is 0 Å². The number of fused-ring (bicyclic) bond motifs is 2. The lowest BCUT2D eigenvalue weighted by Gasteiger charge is -2.28. The first-order chi connectivity index (χ1) is 6.72. The second-order valence-corrected chi connectivity index (χ2v) is 5.92. The van der Waals surface area contributed by atoms with Gasteiger partial charge in [-0.15, -0.1) is 0 Å². The van der Waals surface area contributed by atoms with Crippen LogP contribution >= 0.6 is 0 Å². The van der Waals surface area contributed by atoms with Crippen molar-refractivity contribution in [3.8, 4) is 0 Å². The average molecular weight is 190 g/mol. The summed E-state index contributed by atoms with van der Waals surface area (Å²) in [5.41, 5.74) is 3.79. The average Bonchev–Trinajstić information content (AvgIpc) is 2.99. The molecule has 1 saturated carbocycles. The Labute approximate surface area is 87.8 Å². The fourth-order valence-corrected chi connectivity index (χ4v) is 3.86. The van der Waals surface area contributed by atoms with Crippen molar-refractivity contribution >= 4 is 0 Å². The molecule has 14 heavy (non-hydrogen) atoms. The molecule has 5 unspecified atom stereocenters. The van der Waals surface area contributed by atoms with Crippen molar-refractivity contribution in [1.82, 2.24) is 0 Å². The van der Waals surface area contributed by atoms with Crippen LogP contribution in [0.5, 0.6) is 0 Å². The Kier molecular flexibility index (Phi) is 1.84. The monoisotopic (exact) mass is 190 g/mol. The Bertz CT molecular complexity index is 286. The van der Waals surface area contributed by atoms with E-state index >= 15 is 0 Å². The van der Waals surface area contributed by atoms with E-state index in [1.54, 1.807) is 0 Å². The van der Waals surface area contributed by atoms with E-state index in [1.807, 2.05) is 11.1 Å². The van der Waals surface area contributed by atoms with Crippen LogP contribution < -0.4 is 0 Å². The van der Waals surface area contributed by atoms with Gasteiger partial charge in [0, 0.05) is 0 Å². The van der Waals surface area contributed by atoms with Gasteiger partial charge < -0.3 is 0 Å². The minimum Gasteiger partial charge on any atom is -0.0648 e. The fourth-order valence-electron chi connectivity index (χ4n) is 3.86. The van der Waals surface area contributed by atoms with Gasteiger partial charge in [0.05, 0.1) is 0 Å². The maximum atomic E-state index is 2.49. The first-order valence-electron chi connectivity index (χ1n) is 6.44. The Morgan fingerprint density at radius 1 is 1.14 bits per heavy atom. The third-order valence-corrected chi connectivity index (χ3v) is 5.13. The molecule has 0 aromatic rings. The highest BCUT2D eigenvalue weighted by atomic mass is 14.5. The van der Waals surface area contributed by atoms with E-state index in [2.05, 4.69) is 20.8 Å². The molecule has 0 saturated heterocycles.